The third-order valence-electron chi connectivity index (χ3n) is 6.49. The summed E-state index contributed by atoms with van der Waals surface area (Å²) < 4.78 is 16.6. The summed E-state index contributed by atoms with van der Waals surface area (Å²) in [5, 5.41) is 3.39. The highest BCUT2D eigenvalue weighted by atomic mass is 16.7. The van der Waals surface area contributed by atoms with E-state index in [-0.39, 0.29) is 18.5 Å². The van der Waals surface area contributed by atoms with E-state index in [1.54, 1.807) is 0 Å². The van der Waals surface area contributed by atoms with E-state index in [0.717, 1.165) is 28.9 Å². The second-order valence-corrected chi connectivity index (χ2v) is 8.68. The summed E-state index contributed by atoms with van der Waals surface area (Å²) in [6, 6.07) is 15.7. The summed E-state index contributed by atoms with van der Waals surface area (Å²) >= 11 is 0. The Morgan fingerprint density at radius 1 is 1.06 bits per heavy atom. The van der Waals surface area contributed by atoms with Crippen molar-refractivity contribution in [1.29, 1.82) is 0 Å². The van der Waals surface area contributed by atoms with E-state index < -0.39 is 11.9 Å². The minimum atomic E-state index is -0.510. The highest BCUT2D eigenvalue weighted by molar-refractivity contribution is 6.04. The van der Waals surface area contributed by atoms with E-state index in [1.165, 1.54) is 0 Å². The van der Waals surface area contributed by atoms with E-state index >= 15 is 0 Å². The lowest BCUT2D eigenvalue weighted by Gasteiger charge is -2.36. The van der Waals surface area contributed by atoms with Crippen LogP contribution in [0.2, 0.25) is 0 Å². The van der Waals surface area contributed by atoms with Crippen molar-refractivity contribution in [3.63, 3.8) is 0 Å². The van der Waals surface area contributed by atoms with Crippen molar-refractivity contribution in [3.8, 4) is 11.5 Å². The van der Waals surface area contributed by atoms with Gasteiger partial charge >= 0.3 is 5.97 Å². The summed E-state index contributed by atoms with van der Waals surface area (Å²) in [5.41, 5.74) is 4.70. The molecule has 2 aromatic carbocycles. The molecule has 6 nitrogen and oxygen atoms in total. The maximum atomic E-state index is 13.6. The van der Waals surface area contributed by atoms with E-state index in [2.05, 4.69) is 17.4 Å². The van der Waals surface area contributed by atoms with Gasteiger partial charge in [-0.3, -0.25) is 4.79 Å². The number of dihydropyridines is 1. The molecule has 0 fully saturated rings. The summed E-state index contributed by atoms with van der Waals surface area (Å²) in [4.78, 5) is 26.7. The number of esters is 1. The first-order chi connectivity index (χ1) is 16.1. The Morgan fingerprint density at radius 3 is 2.64 bits per heavy atom. The van der Waals surface area contributed by atoms with Crippen molar-refractivity contribution < 1.29 is 23.8 Å². The Labute approximate surface area is 193 Å². The zero-order chi connectivity index (χ0) is 22.9. The molecule has 0 aromatic heterocycles. The van der Waals surface area contributed by atoms with Crippen molar-refractivity contribution in [2.24, 2.45) is 0 Å². The fourth-order valence-electron chi connectivity index (χ4n) is 4.97. The highest BCUT2D eigenvalue weighted by Gasteiger charge is 2.41. The molecule has 0 spiro atoms. The number of hydrogen-bond donors (Lipinski definition) is 1. The first kappa shape index (κ1) is 21.3. The van der Waals surface area contributed by atoms with Crippen LogP contribution in [0.25, 0.3) is 0 Å². The summed E-state index contributed by atoms with van der Waals surface area (Å²) in [7, 11) is 0. The standard InChI is InChI=1S/C27H27NO5/c1-3-11-31-27(30)24-16(2)28-20-12-19(17-7-5-4-6-8-17)13-21(29)26(20)25(24)18-9-10-22-23(14-18)33-15-32-22/h4-10,14,19,25,28H,3,11-13,15H2,1-2H3/t19-,25+/m0/s1. The second-order valence-electron chi connectivity index (χ2n) is 8.68. The van der Waals surface area contributed by atoms with Crippen LogP contribution in [0.15, 0.2) is 71.1 Å². The zero-order valence-electron chi connectivity index (χ0n) is 18.9. The number of fused-ring (bicyclic) bond motifs is 1. The van der Waals surface area contributed by atoms with Gasteiger partial charge in [0.05, 0.1) is 12.2 Å². The average molecular weight is 446 g/mol. The molecule has 0 unspecified atom stereocenters. The maximum Gasteiger partial charge on any atom is 0.336 e. The molecule has 1 aliphatic carbocycles. The van der Waals surface area contributed by atoms with Gasteiger partial charge in [0.25, 0.3) is 0 Å². The third kappa shape index (κ3) is 3.90. The fourth-order valence-corrected chi connectivity index (χ4v) is 4.97. The van der Waals surface area contributed by atoms with Gasteiger partial charge in [-0.2, -0.15) is 0 Å². The number of ketones is 1. The molecule has 2 atom stereocenters. The molecule has 5 rings (SSSR count). The Morgan fingerprint density at radius 2 is 1.85 bits per heavy atom. The van der Waals surface area contributed by atoms with Crippen LogP contribution in [-0.4, -0.2) is 25.2 Å². The number of carbonyl (C=O) groups excluding carboxylic acids is 2. The largest absolute Gasteiger partial charge is 0.462 e. The minimum Gasteiger partial charge on any atom is -0.462 e. The molecule has 0 saturated carbocycles. The molecule has 0 radical (unpaired) electrons. The number of nitrogens with one attached hydrogen (secondary N) is 1. The van der Waals surface area contributed by atoms with Crippen LogP contribution < -0.4 is 14.8 Å². The van der Waals surface area contributed by atoms with Crippen LogP contribution in [-0.2, 0) is 14.3 Å². The van der Waals surface area contributed by atoms with Crippen LogP contribution in [0, 0.1) is 0 Å². The van der Waals surface area contributed by atoms with E-state index in [1.807, 2.05) is 50.2 Å². The van der Waals surface area contributed by atoms with Gasteiger partial charge in [-0.05, 0) is 48.9 Å². The molecule has 0 amide bonds. The normalized spacial score (nSPS) is 21.6. The van der Waals surface area contributed by atoms with Crippen molar-refractivity contribution in [2.75, 3.05) is 13.4 Å². The van der Waals surface area contributed by atoms with Gasteiger partial charge in [-0.1, -0.05) is 43.3 Å². The van der Waals surface area contributed by atoms with Crippen molar-refractivity contribution >= 4 is 11.8 Å². The van der Waals surface area contributed by atoms with Gasteiger partial charge in [-0.25, -0.2) is 4.79 Å². The van der Waals surface area contributed by atoms with Crippen molar-refractivity contribution in [2.45, 2.75) is 44.9 Å². The average Bonchev–Trinajstić information content (AvgIpc) is 3.30. The predicted molar refractivity (Wildman–Crippen MR) is 123 cm³/mol. The van der Waals surface area contributed by atoms with Crippen molar-refractivity contribution in [1.82, 2.24) is 5.32 Å². The lowest BCUT2D eigenvalue weighted by molar-refractivity contribution is -0.139. The Balaban J connectivity index is 1.58. The van der Waals surface area contributed by atoms with E-state index in [4.69, 9.17) is 14.2 Å². The van der Waals surface area contributed by atoms with E-state index in [0.29, 0.717) is 42.1 Å². The van der Waals surface area contributed by atoms with Gasteiger partial charge < -0.3 is 19.5 Å². The Bertz CT molecular complexity index is 1160. The minimum absolute atomic E-state index is 0.0496. The molecule has 0 bridgehead atoms. The lowest BCUT2D eigenvalue weighted by atomic mass is 9.71. The lowest BCUT2D eigenvalue weighted by Crippen LogP contribution is -2.36. The third-order valence-corrected chi connectivity index (χ3v) is 6.49. The molecule has 3 aliphatic rings. The molecule has 6 heteroatoms. The summed E-state index contributed by atoms with van der Waals surface area (Å²) in [6.07, 6.45) is 1.84. The molecule has 2 aromatic rings. The zero-order valence-corrected chi connectivity index (χ0v) is 18.9. The number of ether oxygens (including phenoxy) is 3. The second kappa shape index (κ2) is 8.77. The van der Waals surface area contributed by atoms with Gasteiger partial charge in [0.2, 0.25) is 6.79 Å². The molecular formula is C27H27NO5. The first-order valence-electron chi connectivity index (χ1n) is 11.4. The smallest absolute Gasteiger partial charge is 0.336 e. The number of Topliss-reactive ketones (excluding diaryl/α,β-unsaturated/α-hetero) is 1. The highest BCUT2D eigenvalue weighted by Crippen LogP contribution is 2.47. The number of hydrogen-bond acceptors (Lipinski definition) is 6. The molecule has 170 valence electrons. The summed E-state index contributed by atoms with van der Waals surface area (Å²) in [5.74, 6) is 0.532. The number of rotatable bonds is 5. The SMILES string of the molecule is CCCOC(=O)C1=C(C)NC2=C(C(=O)C[C@@H](c3ccccc3)C2)[C@@H]1c1ccc2c(c1)OCO2. The van der Waals surface area contributed by atoms with Crippen LogP contribution in [0.1, 0.15) is 56.1 Å². The monoisotopic (exact) mass is 445 g/mol. The predicted octanol–water partition coefficient (Wildman–Crippen LogP) is 4.73. The molecule has 1 N–H and O–H groups in total. The number of allylic oxidation sites excluding steroid dienone is 3. The van der Waals surface area contributed by atoms with Crippen LogP contribution in [0.4, 0.5) is 0 Å². The molecule has 33 heavy (non-hydrogen) atoms. The molecule has 2 aliphatic heterocycles. The van der Waals surface area contributed by atoms with Crippen LogP contribution in [0.3, 0.4) is 0 Å². The van der Waals surface area contributed by atoms with Gasteiger partial charge in [0.1, 0.15) is 0 Å². The Kier molecular flexibility index (Phi) is 5.67. The molecular weight excluding hydrogens is 418 g/mol. The fraction of sp³-hybridized carbons (Fsp3) is 0.333. The van der Waals surface area contributed by atoms with Gasteiger partial charge in [0.15, 0.2) is 17.3 Å². The Hall–Kier alpha value is -3.54. The maximum absolute atomic E-state index is 13.6. The van der Waals surface area contributed by atoms with Gasteiger partial charge in [0, 0.05) is 29.3 Å². The number of benzene rings is 2. The van der Waals surface area contributed by atoms with E-state index in [9.17, 15) is 9.59 Å². The topological polar surface area (TPSA) is 73.9 Å². The summed E-state index contributed by atoms with van der Waals surface area (Å²) in [6.45, 7) is 4.33. The quantitative estimate of drug-likeness (QED) is 0.671. The van der Waals surface area contributed by atoms with Crippen LogP contribution >= 0.6 is 0 Å². The van der Waals surface area contributed by atoms with Crippen LogP contribution in [0.5, 0.6) is 11.5 Å². The first-order valence-corrected chi connectivity index (χ1v) is 11.4. The van der Waals surface area contributed by atoms with Crippen molar-refractivity contribution in [3.05, 3.63) is 82.2 Å². The molecule has 2 heterocycles. The number of carbonyl (C=O) groups is 2. The molecule has 0 saturated heterocycles. The van der Waals surface area contributed by atoms with Gasteiger partial charge in [-0.15, -0.1) is 0 Å².